The van der Waals surface area contributed by atoms with Gasteiger partial charge in [-0.3, -0.25) is 9.59 Å². The molecule has 0 saturated carbocycles. The number of ether oxygens (including phenoxy) is 3. The number of alkyl carbamates (subject to hydrolysis) is 1. The van der Waals surface area contributed by atoms with Crippen LogP contribution in [0.25, 0.3) is 0 Å². The van der Waals surface area contributed by atoms with Crippen molar-refractivity contribution in [1.29, 1.82) is 0 Å². The van der Waals surface area contributed by atoms with Gasteiger partial charge in [0.25, 0.3) is 0 Å². The number of amides is 1. The smallest absolute Gasteiger partial charge is 0.408 e. The van der Waals surface area contributed by atoms with E-state index in [1.807, 2.05) is 30.3 Å². The highest BCUT2D eigenvalue weighted by Crippen LogP contribution is 2.28. The Bertz CT molecular complexity index is 944. The first-order valence-electron chi connectivity index (χ1n) is 18.9. The molecule has 0 heterocycles. The van der Waals surface area contributed by atoms with Crippen molar-refractivity contribution in [3.8, 4) is 0 Å². The Balaban J connectivity index is 2.43. The third-order valence-corrected chi connectivity index (χ3v) is 8.49. The molecule has 0 aliphatic carbocycles. The van der Waals surface area contributed by atoms with E-state index >= 15 is 0 Å². The molecule has 0 spiro atoms. The molecule has 47 heavy (non-hydrogen) atoms. The second-order valence-corrected chi connectivity index (χ2v) is 14.3. The fourth-order valence-corrected chi connectivity index (χ4v) is 6.10. The zero-order valence-electron chi connectivity index (χ0n) is 30.9. The maximum Gasteiger partial charge on any atom is 0.408 e. The van der Waals surface area contributed by atoms with Gasteiger partial charge in [-0.2, -0.15) is 0 Å². The average Bonchev–Trinajstić information content (AvgIpc) is 3.00. The minimum atomic E-state index is -0.911. The third kappa shape index (κ3) is 23.4. The molecule has 0 bridgehead atoms. The SMILES string of the molecule is CCCCCCCCCCCCCCCCCCCCCC[C@@H](OC(C)=O)[C@@H](OC(C)=O)[C@@H](NC(=O)OC(C)(C)C)c1ccccc1. The molecule has 0 radical (unpaired) electrons. The average molecular weight is 660 g/mol. The number of unbranched alkanes of at least 4 members (excludes halogenated alkanes) is 19. The van der Waals surface area contributed by atoms with Gasteiger partial charge in [-0.1, -0.05) is 159 Å². The monoisotopic (exact) mass is 660 g/mol. The van der Waals surface area contributed by atoms with E-state index in [1.54, 1.807) is 20.8 Å². The largest absolute Gasteiger partial charge is 0.459 e. The van der Waals surface area contributed by atoms with Crippen LogP contribution in [0.1, 0.15) is 188 Å². The summed E-state index contributed by atoms with van der Waals surface area (Å²) in [6, 6.07) is 8.51. The van der Waals surface area contributed by atoms with Gasteiger partial charge in [0.05, 0.1) is 6.04 Å². The number of carbonyl (C=O) groups excluding carboxylic acids is 3. The molecule has 0 saturated heterocycles. The van der Waals surface area contributed by atoms with Crippen molar-refractivity contribution in [2.24, 2.45) is 0 Å². The predicted octanol–water partition coefficient (Wildman–Crippen LogP) is 11.3. The number of esters is 2. The minimum absolute atomic E-state index is 0.454. The van der Waals surface area contributed by atoms with Crippen LogP contribution in [0.3, 0.4) is 0 Å². The molecule has 3 atom stereocenters. The molecule has 0 aromatic heterocycles. The van der Waals surface area contributed by atoms with Crippen molar-refractivity contribution in [1.82, 2.24) is 5.32 Å². The van der Waals surface area contributed by atoms with Crippen LogP contribution in [0.15, 0.2) is 30.3 Å². The summed E-state index contributed by atoms with van der Waals surface area (Å²) in [5, 5.41) is 2.88. The van der Waals surface area contributed by atoms with Crippen molar-refractivity contribution < 1.29 is 28.6 Å². The molecule has 1 aromatic carbocycles. The Morgan fingerprint density at radius 1 is 0.617 bits per heavy atom. The van der Waals surface area contributed by atoms with Crippen molar-refractivity contribution in [3.05, 3.63) is 35.9 Å². The van der Waals surface area contributed by atoms with Gasteiger partial charge in [0.15, 0.2) is 6.10 Å². The van der Waals surface area contributed by atoms with Crippen molar-refractivity contribution in [2.75, 3.05) is 0 Å². The number of rotatable bonds is 27. The predicted molar refractivity (Wildman–Crippen MR) is 192 cm³/mol. The second kappa shape index (κ2) is 26.4. The van der Waals surface area contributed by atoms with E-state index in [1.165, 1.54) is 123 Å². The van der Waals surface area contributed by atoms with Crippen LogP contribution >= 0.6 is 0 Å². The highest BCUT2D eigenvalue weighted by Gasteiger charge is 2.37. The zero-order chi connectivity index (χ0) is 34.8. The molecule has 1 amide bonds. The standard InChI is InChI=1S/C40H69NO6/c1-7-8-9-10-11-12-13-14-15-16-17-18-19-20-21-22-23-24-25-29-32-36(45-33(2)42)38(46-34(3)43)37(35-30-27-26-28-31-35)41-39(44)47-40(4,5)6/h26-28,30-31,36-38H,7-25,29,32H2,1-6H3,(H,41,44)/t36-,37+,38-/m1/s1. The van der Waals surface area contributed by atoms with E-state index in [2.05, 4.69) is 12.2 Å². The Kier molecular flexibility index (Phi) is 23.8. The van der Waals surface area contributed by atoms with Gasteiger partial charge in [-0.15, -0.1) is 0 Å². The summed E-state index contributed by atoms with van der Waals surface area (Å²) in [7, 11) is 0. The first kappa shape index (κ1) is 42.5. The summed E-state index contributed by atoms with van der Waals surface area (Å²) in [6.07, 6.45) is 24.4. The molecule has 1 aromatic rings. The maximum atomic E-state index is 12.8. The van der Waals surface area contributed by atoms with Gasteiger partial charge in [0.2, 0.25) is 0 Å². The van der Waals surface area contributed by atoms with E-state index in [-0.39, 0.29) is 0 Å². The Labute approximate surface area is 287 Å². The minimum Gasteiger partial charge on any atom is -0.459 e. The van der Waals surface area contributed by atoms with Gasteiger partial charge in [0, 0.05) is 13.8 Å². The number of hydrogen-bond donors (Lipinski definition) is 1. The van der Waals surface area contributed by atoms with E-state index in [4.69, 9.17) is 14.2 Å². The fraction of sp³-hybridized carbons (Fsp3) is 0.775. The highest BCUT2D eigenvalue weighted by atomic mass is 16.6. The molecular formula is C40H69NO6. The summed E-state index contributed by atoms with van der Waals surface area (Å²) >= 11 is 0. The van der Waals surface area contributed by atoms with Gasteiger partial charge >= 0.3 is 18.0 Å². The lowest BCUT2D eigenvalue weighted by atomic mass is 9.94. The molecule has 0 unspecified atom stereocenters. The molecule has 0 aliphatic heterocycles. The van der Waals surface area contributed by atoms with E-state index in [0.29, 0.717) is 6.42 Å². The van der Waals surface area contributed by atoms with Crippen LogP contribution in [0.2, 0.25) is 0 Å². The zero-order valence-corrected chi connectivity index (χ0v) is 30.9. The normalized spacial score (nSPS) is 13.4. The van der Waals surface area contributed by atoms with Gasteiger partial charge in [0.1, 0.15) is 11.7 Å². The highest BCUT2D eigenvalue weighted by molar-refractivity contribution is 5.70. The lowest BCUT2D eigenvalue weighted by molar-refractivity contribution is -0.168. The van der Waals surface area contributed by atoms with Crippen molar-refractivity contribution in [3.63, 3.8) is 0 Å². The van der Waals surface area contributed by atoms with Crippen LogP contribution in [0.5, 0.6) is 0 Å². The lowest BCUT2D eigenvalue weighted by Gasteiger charge is -2.34. The van der Waals surface area contributed by atoms with E-state index in [9.17, 15) is 14.4 Å². The van der Waals surface area contributed by atoms with Gasteiger partial charge in [-0.05, 0) is 39.2 Å². The van der Waals surface area contributed by atoms with Crippen LogP contribution < -0.4 is 5.32 Å². The number of hydrogen-bond acceptors (Lipinski definition) is 6. The number of benzene rings is 1. The Morgan fingerprint density at radius 2 is 1.02 bits per heavy atom. The molecule has 1 rings (SSSR count). The summed E-state index contributed by atoms with van der Waals surface area (Å²) in [6.45, 7) is 10.3. The first-order chi connectivity index (χ1) is 22.5. The van der Waals surface area contributed by atoms with Gasteiger partial charge < -0.3 is 19.5 Å². The topological polar surface area (TPSA) is 90.9 Å². The van der Waals surface area contributed by atoms with E-state index < -0.39 is 41.9 Å². The summed E-state index contributed by atoms with van der Waals surface area (Å²) in [5.41, 5.74) is 0.0227. The summed E-state index contributed by atoms with van der Waals surface area (Å²) < 4.78 is 17.0. The third-order valence-electron chi connectivity index (χ3n) is 8.49. The Hall–Kier alpha value is -2.57. The molecule has 1 N–H and O–H groups in total. The quantitative estimate of drug-likeness (QED) is 0.0574. The van der Waals surface area contributed by atoms with Crippen molar-refractivity contribution >= 4 is 18.0 Å². The first-order valence-corrected chi connectivity index (χ1v) is 18.9. The number of nitrogens with one attached hydrogen (secondary N) is 1. The van der Waals surface area contributed by atoms with Crippen LogP contribution in [-0.2, 0) is 23.8 Å². The molecule has 7 heteroatoms. The summed E-state index contributed by atoms with van der Waals surface area (Å²) in [4.78, 5) is 37.2. The lowest BCUT2D eigenvalue weighted by Crippen LogP contribution is -2.47. The fourth-order valence-electron chi connectivity index (χ4n) is 6.10. The maximum absolute atomic E-state index is 12.8. The molecule has 0 aliphatic rings. The molecular weight excluding hydrogens is 590 g/mol. The van der Waals surface area contributed by atoms with Crippen LogP contribution in [0, 0.1) is 0 Å². The second-order valence-electron chi connectivity index (χ2n) is 14.3. The number of carbonyl (C=O) groups is 3. The van der Waals surface area contributed by atoms with Crippen LogP contribution in [0.4, 0.5) is 4.79 Å². The van der Waals surface area contributed by atoms with E-state index in [0.717, 1.165) is 24.8 Å². The Morgan fingerprint density at radius 3 is 1.40 bits per heavy atom. The van der Waals surface area contributed by atoms with Gasteiger partial charge in [-0.25, -0.2) is 4.79 Å². The molecule has 0 fully saturated rings. The molecule has 270 valence electrons. The summed E-state index contributed by atoms with van der Waals surface area (Å²) in [5.74, 6) is -0.966. The molecule has 7 nitrogen and oxygen atoms in total. The van der Waals surface area contributed by atoms with Crippen LogP contribution in [-0.4, -0.2) is 35.8 Å². The van der Waals surface area contributed by atoms with Crippen molar-refractivity contribution in [2.45, 2.75) is 200 Å².